The van der Waals surface area contributed by atoms with Gasteiger partial charge in [-0.25, -0.2) is 4.79 Å². The van der Waals surface area contributed by atoms with Crippen LogP contribution in [0, 0.1) is 5.92 Å². The largest absolute Gasteiger partial charge is 0.495 e. The number of rotatable bonds is 8. The van der Waals surface area contributed by atoms with Crippen molar-refractivity contribution in [1.82, 2.24) is 10.2 Å². The maximum Gasteiger partial charge on any atom is 0.326 e. The van der Waals surface area contributed by atoms with Crippen LogP contribution in [0.25, 0.3) is 0 Å². The van der Waals surface area contributed by atoms with Gasteiger partial charge >= 0.3 is 5.97 Å². The van der Waals surface area contributed by atoms with Crippen molar-refractivity contribution in [2.24, 2.45) is 5.92 Å². The van der Waals surface area contributed by atoms with Crippen LogP contribution in [0.4, 0.5) is 5.69 Å². The summed E-state index contributed by atoms with van der Waals surface area (Å²) in [4.78, 5) is 50.7. The molecule has 0 radical (unpaired) electrons. The average molecular weight is 391 g/mol. The summed E-state index contributed by atoms with van der Waals surface area (Å²) < 4.78 is 5.29. The Morgan fingerprint density at radius 1 is 1.36 bits per heavy atom. The zero-order chi connectivity index (χ0) is 20.8. The van der Waals surface area contributed by atoms with Gasteiger partial charge in [0.15, 0.2) is 0 Å². The number of nitrogens with zero attached hydrogens (tertiary/aromatic N) is 2. The minimum Gasteiger partial charge on any atom is -0.495 e. The lowest BCUT2D eigenvalue weighted by Gasteiger charge is -2.29. The molecule has 152 valence electrons. The number of nitrogens with one attached hydrogen (secondary N) is 1. The smallest absolute Gasteiger partial charge is 0.326 e. The molecular weight excluding hydrogens is 366 g/mol. The minimum absolute atomic E-state index is 0.0140. The van der Waals surface area contributed by atoms with Crippen molar-refractivity contribution >= 4 is 29.4 Å². The lowest BCUT2D eigenvalue weighted by molar-refractivity contribution is -0.151. The number of carboxylic acids is 1. The number of methoxy groups -OCH3 is 1. The number of benzene rings is 1. The molecular formula is C19H25N3O6. The normalized spacial score (nSPS) is 17.2. The number of amides is 3. The Morgan fingerprint density at radius 3 is 2.64 bits per heavy atom. The van der Waals surface area contributed by atoms with E-state index in [9.17, 15) is 24.3 Å². The van der Waals surface area contributed by atoms with E-state index in [1.807, 2.05) is 0 Å². The van der Waals surface area contributed by atoms with Gasteiger partial charge in [-0.2, -0.15) is 0 Å². The predicted molar refractivity (Wildman–Crippen MR) is 101 cm³/mol. The second-order valence-electron chi connectivity index (χ2n) is 6.61. The molecule has 1 fully saturated rings. The van der Waals surface area contributed by atoms with Gasteiger partial charge in [-0.3, -0.25) is 14.4 Å². The summed E-state index contributed by atoms with van der Waals surface area (Å²) in [6.45, 7) is 3.07. The summed E-state index contributed by atoms with van der Waals surface area (Å²) in [5, 5.41) is 11.9. The topological polar surface area (TPSA) is 116 Å². The minimum atomic E-state index is -1.15. The molecule has 0 aromatic heterocycles. The van der Waals surface area contributed by atoms with E-state index in [1.165, 1.54) is 30.8 Å². The molecule has 9 heteroatoms. The molecule has 1 aromatic rings. The molecule has 1 aliphatic heterocycles. The van der Waals surface area contributed by atoms with Crippen LogP contribution in [0.15, 0.2) is 24.3 Å². The first kappa shape index (κ1) is 21.2. The fourth-order valence-corrected chi connectivity index (χ4v) is 3.17. The maximum absolute atomic E-state index is 13.0. The van der Waals surface area contributed by atoms with Crippen LogP contribution in [-0.2, 0) is 19.2 Å². The van der Waals surface area contributed by atoms with Crippen molar-refractivity contribution < 1.29 is 29.0 Å². The number of carbonyl (C=O) groups is 4. The van der Waals surface area contributed by atoms with Crippen LogP contribution < -0.4 is 15.0 Å². The van der Waals surface area contributed by atoms with Crippen molar-refractivity contribution in [3.63, 3.8) is 0 Å². The zero-order valence-corrected chi connectivity index (χ0v) is 16.2. The van der Waals surface area contributed by atoms with Crippen molar-refractivity contribution in [2.75, 3.05) is 31.6 Å². The van der Waals surface area contributed by atoms with Crippen LogP contribution >= 0.6 is 0 Å². The average Bonchev–Trinajstić information content (AvgIpc) is 3.05. The number of carboxylic acid groups (broad SMARTS) is 1. The molecule has 2 unspecified atom stereocenters. The Labute approximate surface area is 163 Å². The Hall–Kier alpha value is -3.10. The van der Waals surface area contributed by atoms with Gasteiger partial charge in [-0.1, -0.05) is 12.1 Å². The second-order valence-corrected chi connectivity index (χ2v) is 6.61. The van der Waals surface area contributed by atoms with Gasteiger partial charge in [0.05, 0.1) is 18.7 Å². The molecule has 1 heterocycles. The fourth-order valence-electron chi connectivity index (χ4n) is 3.17. The predicted octanol–water partition coefficient (Wildman–Crippen LogP) is 0.486. The Balaban J connectivity index is 2.17. The van der Waals surface area contributed by atoms with Crippen LogP contribution in [0.3, 0.4) is 0 Å². The van der Waals surface area contributed by atoms with Gasteiger partial charge in [0, 0.05) is 33.0 Å². The second kappa shape index (κ2) is 9.20. The molecule has 0 aliphatic carbocycles. The number of hydrogen-bond acceptors (Lipinski definition) is 5. The van der Waals surface area contributed by atoms with Crippen molar-refractivity contribution in [2.45, 2.75) is 26.3 Å². The van der Waals surface area contributed by atoms with Crippen LogP contribution in [-0.4, -0.2) is 66.5 Å². The third-order valence-electron chi connectivity index (χ3n) is 4.68. The lowest BCUT2D eigenvalue weighted by atomic mass is 10.1. The highest BCUT2D eigenvalue weighted by atomic mass is 16.5. The number of hydrogen-bond donors (Lipinski definition) is 2. The molecule has 1 aliphatic rings. The highest BCUT2D eigenvalue weighted by Crippen LogP contribution is 2.33. The summed E-state index contributed by atoms with van der Waals surface area (Å²) in [5.41, 5.74) is 0.571. The van der Waals surface area contributed by atoms with E-state index in [0.717, 1.165) is 0 Å². The highest BCUT2D eigenvalue weighted by molar-refractivity contribution is 6.01. The molecule has 1 saturated heterocycles. The number of carbonyl (C=O) groups excluding carboxylic acids is 3. The van der Waals surface area contributed by atoms with E-state index in [2.05, 4.69) is 5.32 Å². The molecule has 28 heavy (non-hydrogen) atoms. The van der Waals surface area contributed by atoms with Crippen molar-refractivity contribution in [3.8, 4) is 5.75 Å². The van der Waals surface area contributed by atoms with Gasteiger partial charge in [0.1, 0.15) is 11.8 Å². The summed E-state index contributed by atoms with van der Waals surface area (Å²) in [7, 11) is 1.50. The summed E-state index contributed by atoms with van der Waals surface area (Å²) >= 11 is 0. The molecule has 2 N–H and O–H groups in total. The number of aliphatic carboxylic acids is 1. The third-order valence-corrected chi connectivity index (χ3v) is 4.68. The fraction of sp³-hybridized carbons (Fsp3) is 0.474. The van der Waals surface area contributed by atoms with E-state index >= 15 is 0 Å². The summed E-state index contributed by atoms with van der Waals surface area (Å²) in [6, 6.07) is 5.94. The first-order chi connectivity index (χ1) is 13.3. The number of ether oxygens (including phenoxy) is 1. The van der Waals surface area contributed by atoms with Crippen molar-refractivity contribution in [1.29, 1.82) is 0 Å². The lowest BCUT2D eigenvalue weighted by Crippen LogP contribution is -2.49. The zero-order valence-electron chi connectivity index (χ0n) is 16.2. The maximum atomic E-state index is 13.0. The Morgan fingerprint density at radius 2 is 2.04 bits per heavy atom. The third kappa shape index (κ3) is 4.79. The molecule has 2 atom stereocenters. The van der Waals surface area contributed by atoms with E-state index < -0.39 is 23.8 Å². The van der Waals surface area contributed by atoms with Crippen LogP contribution in [0.1, 0.15) is 20.3 Å². The standard InChI is InChI=1S/C19H25N3O6/c1-12(19(26)27)21(9-8-20-13(2)23)18(25)14-10-17(24)22(11-14)15-6-4-5-7-16(15)28-3/h4-7,12,14H,8-11H2,1-3H3,(H,20,23)(H,26,27). The van der Waals surface area contributed by atoms with Crippen LogP contribution in [0.2, 0.25) is 0 Å². The first-order valence-electron chi connectivity index (χ1n) is 8.97. The SMILES string of the molecule is COc1ccccc1N1CC(C(=O)N(CCNC(C)=O)C(C)C(=O)O)CC1=O. The summed E-state index contributed by atoms with van der Waals surface area (Å²) in [5.74, 6) is -2.23. The van der Waals surface area contributed by atoms with E-state index in [1.54, 1.807) is 24.3 Å². The van der Waals surface area contributed by atoms with Gasteiger partial charge in [0.2, 0.25) is 17.7 Å². The van der Waals surface area contributed by atoms with Gasteiger partial charge in [-0.15, -0.1) is 0 Å². The molecule has 0 spiro atoms. The molecule has 3 amide bonds. The molecule has 2 rings (SSSR count). The van der Waals surface area contributed by atoms with E-state index in [4.69, 9.17) is 4.74 Å². The molecule has 0 saturated carbocycles. The highest BCUT2D eigenvalue weighted by Gasteiger charge is 2.40. The van der Waals surface area contributed by atoms with Crippen LogP contribution in [0.5, 0.6) is 5.75 Å². The van der Waals surface area contributed by atoms with E-state index in [-0.39, 0.29) is 37.9 Å². The number of para-hydroxylation sites is 2. The Bertz CT molecular complexity index is 766. The summed E-state index contributed by atoms with van der Waals surface area (Å²) in [6.07, 6.45) is -0.0140. The van der Waals surface area contributed by atoms with E-state index in [0.29, 0.717) is 11.4 Å². The molecule has 9 nitrogen and oxygen atoms in total. The van der Waals surface area contributed by atoms with Crippen molar-refractivity contribution in [3.05, 3.63) is 24.3 Å². The van der Waals surface area contributed by atoms with Gasteiger partial charge in [-0.05, 0) is 19.1 Å². The molecule has 0 bridgehead atoms. The molecule has 1 aromatic carbocycles. The quantitative estimate of drug-likeness (QED) is 0.666. The van der Waals surface area contributed by atoms with Gasteiger partial charge < -0.3 is 25.0 Å². The number of anilines is 1. The van der Waals surface area contributed by atoms with Gasteiger partial charge in [0.25, 0.3) is 0 Å². The Kier molecular flexibility index (Phi) is 6.97. The monoisotopic (exact) mass is 391 g/mol. The first-order valence-corrected chi connectivity index (χ1v) is 8.97.